The number of carbonyl (C=O) groups excluding carboxylic acids is 1. The first-order valence-electron chi connectivity index (χ1n) is 15.5. The Kier molecular flexibility index (Phi) is 10.6. The number of hydrogen-bond donors (Lipinski definition) is 1. The van der Waals surface area contributed by atoms with Gasteiger partial charge in [-0.25, -0.2) is 4.79 Å². The number of benzene rings is 2. The molecule has 1 fully saturated rings. The number of methoxy groups -OCH3 is 1. The first-order valence-corrected chi connectivity index (χ1v) is 15.8. The molecule has 9 nitrogen and oxygen atoms in total. The highest BCUT2D eigenvalue weighted by molar-refractivity contribution is 6.63. The number of hydrogen-bond acceptors (Lipinski definition) is 8. The fourth-order valence-electron chi connectivity index (χ4n) is 5.44. The first kappa shape index (κ1) is 35.4. The number of carbonyl (C=O) groups is 1. The Hall–Kier alpha value is -3.44. The van der Waals surface area contributed by atoms with Crippen LogP contribution in [-0.4, -0.2) is 53.6 Å². The van der Waals surface area contributed by atoms with E-state index < -0.39 is 24.3 Å². The zero-order valence-electron chi connectivity index (χ0n) is 28.5. The molecule has 0 unspecified atom stereocenters. The molecule has 5 rings (SSSR count). The highest BCUT2D eigenvalue weighted by Crippen LogP contribution is 2.37. The molecule has 1 atom stereocenters. The van der Waals surface area contributed by atoms with Gasteiger partial charge in [0.15, 0.2) is 0 Å². The van der Waals surface area contributed by atoms with Crippen LogP contribution in [-0.2, 0) is 21.1 Å². The summed E-state index contributed by atoms with van der Waals surface area (Å²) in [6.45, 7) is 16.5. The molecule has 2 N–H and O–H groups in total. The average molecular weight is 650 g/mol. The lowest BCUT2D eigenvalue weighted by Crippen LogP contribution is -2.41. The number of fused-ring (bicyclic) bond motifs is 3. The van der Waals surface area contributed by atoms with Crippen LogP contribution in [0.3, 0.4) is 0 Å². The Morgan fingerprint density at radius 3 is 2.30 bits per heavy atom. The lowest BCUT2D eigenvalue weighted by molar-refractivity contribution is 0.00578. The molecule has 0 amide bonds. The number of rotatable bonds is 7. The summed E-state index contributed by atoms with van der Waals surface area (Å²) < 4.78 is 24.4. The Labute approximate surface area is 276 Å². The van der Waals surface area contributed by atoms with Crippen molar-refractivity contribution in [2.24, 2.45) is 18.7 Å². The summed E-state index contributed by atoms with van der Waals surface area (Å²) in [5, 5.41) is 3.10. The Bertz CT molecular complexity index is 1800. The summed E-state index contributed by atoms with van der Waals surface area (Å²) in [6.07, 6.45) is 4.38. The monoisotopic (exact) mass is 649 g/mol. The van der Waals surface area contributed by atoms with Gasteiger partial charge in [0.2, 0.25) is 0 Å². The van der Waals surface area contributed by atoms with Gasteiger partial charge in [0, 0.05) is 29.7 Å². The van der Waals surface area contributed by atoms with Gasteiger partial charge >= 0.3 is 13.1 Å². The lowest BCUT2D eigenvalue weighted by atomic mass is 9.75. The SMILES string of the molecule is COC(=O)c1cc(Cl)c(C)cc1B1OC(C)(C)C(C)(C)O1.Cc1cc2c(cc1OC[C@@H](N)CC(C)C)c(=O)n(C)c1cnccc21. The molecule has 1 saturated heterocycles. The normalized spacial score (nSPS) is 16.0. The van der Waals surface area contributed by atoms with E-state index in [4.69, 9.17) is 36.1 Å². The fourth-order valence-corrected chi connectivity index (χ4v) is 5.60. The van der Waals surface area contributed by atoms with Crippen LogP contribution in [0.5, 0.6) is 5.75 Å². The van der Waals surface area contributed by atoms with Gasteiger partial charge in [-0.3, -0.25) is 9.78 Å². The van der Waals surface area contributed by atoms with E-state index in [1.54, 1.807) is 30.1 Å². The zero-order chi connectivity index (χ0) is 34.1. The van der Waals surface area contributed by atoms with Crippen molar-refractivity contribution in [2.45, 2.75) is 79.1 Å². The lowest BCUT2D eigenvalue weighted by Gasteiger charge is -2.32. The molecule has 4 aromatic rings. The third kappa shape index (κ3) is 7.25. The highest BCUT2D eigenvalue weighted by atomic mass is 35.5. The van der Waals surface area contributed by atoms with Crippen LogP contribution in [0.25, 0.3) is 21.7 Å². The van der Waals surface area contributed by atoms with Gasteiger partial charge in [-0.1, -0.05) is 31.5 Å². The molecule has 2 aromatic carbocycles. The Balaban J connectivity index is 0.000000212. The van der Waals surface area contributed by atoms with Gasteiger partial charge in [0.05, 0.1) is 41.0 Å². The molecule has 0 aliphatic carbocycles. The summed E-state index contributed by atoms with van der Waals surface area (Å²) in [5.41, 5.74) is 8.81. The third-order valence-corrected chi connectivity index (χ3v) is 9.18. The minimum atomic E-state index is -0.625. The van der Waals surface area contributed by atoms with Gasteiger partial charge in [0.1, 0.15) is 12.4 Å². The number of halogens is 1. The summed E-state index contributed by atoms with van der Waals surface area (Å²) in [5.74, 6) is 0.794. The molecule has 2 aromatic heterocycles. The van der Waals surface area contributed by atoms with Gasteiger partial charge in [0.25, 0.3) is 5.56 Å². The number of nitrogens with zero attached hydrogens (tertiary/aromatic N) is 2. The van der Waals surface area contributed by atoms with E-state index in [-0.39, 0.29) is 11.6 Å². The van der Waals surface area contributed by atoms with Crippen LogP contribution in [0.2, 0.25) is 5.02 Å². The second-order valence-electron chi connectivity index (χ2n) is 13.4. The fraction of sp³-hybridized carbons (Fsp3) is 0.457. The average Bonchev–Trinajstić information content (AvgIpc) is 3.21. The maximum absolute atomic E-state index is 12.7. The standard InChI is InChI=1S/C20H25N3O2.C15H20BClO4/c1-12(2)7-14(21)11-25-19-9-17-16(8-13(19)3)15-5-6-22-10-18(15)23(4)20(17)24;1-9-7-11(10(8-12(9)17)13(18)19-6)16-20-14(2,3)15(4,5)21-16/h5-6,8-10,12,14H,7,11,21H2,1-4H3;7-8H,1-6H3/t14-;/m0./s1. The van der Waals surface area contributed by atoms with E-state index in [0.717, 1.165) is 39.6 Å². The third-order valence-electron chi connectivity index (χ3n) is 8.77. The van der Waals surface area contributed by atoms with Crippen molar-refractivity contribution in [3.05, 3.63) is 74.8 Å². The second kappa shape index (κ2) is 13.7. The number of pyridine rings is 2. The minimum absolute atomic E-state index is 0.0133. The molecular weight excluding hydrogens is 605 g/mol. The van der Waals surface area contributed by atoms with E-state index in [1.807, 2.05) is 65.8 Å². The number of aromatic nitrogens is 2. The van der Waals surface area contributed by atoms with Crippen molar-refractivity contribution >= 4 is 51.8 Å². The molecule has 1 aliphatic heterocycles. The summed E-state index contributed by atoms with van der Waals surface area (Å²) in [4.78, 5) is 28.9. The van der Waals surface area contributed by atoms with E-state index in [9.17, 15) is 9.59 Å². The number of esters is 1. The van der Waals surface area contributed by atoms with Crippen LogP contribution in [0.1, 0.15) is 69.4 Å². The molecular formula is C35H45BClN3O6. The van der Waals surface area contributed by atoms with Crippen molar-refractivity contribution in [3.63, 3.8) is 0 Å². The number of nitrogens with two attached hydrogens (primary N) is 1. The summed E-state index contributed by atoms with van der Waals surface area (Å²) in [6, 6.07) is 9.20. The second-order valence-corrected chi connectivity index (χ2v) is 13.8. The highest BCUT2D eigenvalue weighted by Gasteiger charge is 2.52. The molecule has 3 heterocycles. The predicted octanol–water partition coefficient (Wildman–Crippen LogP) is 5.88. The smallest absolute Gasteiger partial charge is 0.492 e. The topological polar surface area (TPSA) is 115 Å². The Morgan fingerprint density at radius 2 is 1.70 bits per heavy atom. The maximum Gasteiger partial charge on any atom is 0.495 e. The molecule has 0 spiro atoms. The van der Waals surface area contributed by atoms with E-state index >= 15 is 0 Å². The van der Waals surface area contributed by atoms with Crippen LogP contribution in [0.4, 0.5) is 0 Å². The summed E-state index contributed by atoms with van der Waals surface area (Å²) in [7, 11) is 2.48. The maximum atomic E-state index is 12.7. The van der Waals surface area contributed by atoms with Crippen molar-refractivity contribution in [1.82, 2.24) is 9.55 Å². The zero-order valence-corrected chi connectivity index (χ0v) is 29.2. The summed E-state index contributed by atoms with van der Waals surface area (Å²) >= 11 is 6.12. The van der Waals surface area contributed by atoms with Gasteiger partial charge < -0.3 is 29.1 Å². The van der Waals surface area contributed by atoms with Gasteiger partial charge in [-0.2, -0.15) is 0 Å². The van der Waals surface area contributed by atoms with Crippen LogP contribution in [0.15, 0.2) is 47.5 Å². The largest absolute Gasteiger partial charge is 0.495 e. The quantitative estimate of drug-likeness (QED) is 0.150. The minimum Gasteiger partial charge on any atom is -0.492 e. The Morgan fingerprint density at radius 1 is 1.04 bits per heavy atom. The van der Waals surface area contributed by atoms with Crippen LogP contribution in [0, 0.1) is 19.8 Å². The van der Waals surface area contributed by atoms with Gasteiger partial charge in [-0.05, 0) is 100 Å². The molecule has 46 heavy (non-hydrogen) atoms. The molecule has 1 aliphatic rings. The van der Waals surface area contributed by atoms with Crippen LogP contribution < -0.4 is 21.5 Å². The van der Waals surface area contributed by atoms with E-state index in [2.05, 4.69) is 18.8 Å². The number of ether oxygens (including phenoxy) is 2. The first-order chi connectivity index (χ1) is 21.5. The van der Waals surface area contributed by atoms with Gasteiger partial charge in [-0.15, -0.1) is 0 Å². The van der Waals surface area contributed by atoms with Crippen molar-refractivity contribution in [2.75, 3.05) is 13.7 Å². The van der Waals surface area contributed by atoms with Crippen LogP contribution >= 0.6 is 11.6 Å². The van der Waals surface area contributed by atoms with E-state index in [0.29, 0.717) is 34.0 Å². The number of aryl methyl sites for hydroxylation is 3. The molecule has 0 saturated carbocycles. The van der Waals surface area contributed by atoms with Crippen molar-refractivity contribution < 1.29 is 23.6 Å². The van der Waals surface area contributed by atoms with E-state index in [1.165, 1.54) is 7.11 Å². The molecule has 0 bridgehead atoms. The van der Waals surface area contributed by atoms with Crippen molar-refractivity contribution in [1.29, 1.82) is 0 Å². The molecule has 246 valence electrons. The molecule has 11 heteroatoms. The van der Waals surface area contributed by atoms with Crippen molar-refractivity contribution in [3.8, 4) is 5.75 Å². The molecule has 0 radical (unpaired) electrons. The predicted molar refractivity (Wildman–Crippen MR) is 185 cm³/mol.